The van der Waals surface area contributed by atoms with E-state index in [-0.39, 0.29) is 10.7 Å². The first-order valence-electron chi connectivity index (χ1n) is 4.98. The van der Waals surface area contributed by atoms with Gasteiger partial charge in [0.15, 0.2) is 0 Å². The fraction of sp³-hybridized carbons (Fsp3) is 0. The molecular formula is C10H7Cl2N5O2. The Morgan fingerprint density at radius 3 is 2.42 bits per heavy atom. The van der Waals surface area contributed by atoms with Gasteiger partial charge < -0.3 is 5.32 Å². The van der Waals surface area contributed by atoms with E-state index in [0.29, 0.717) is 5.02 Å². The first-order chi connectivity index (χ1) is 9.06. The number of nitrogens with one attached hydrogen (secondary N) is 2. The molecule has 2 amide bonds. The summed E-state index contributed by atoms with van der Waals surface area (Å²) in [6.07, 6.45) is 2.47. The third kappa shape index (κ3) is 3.43. The van der Waals surface area contributed by atoms with Crippen molar-refractivity contribution in [3.8, 4) is 0 Å². The van der Waals surface area contributed by atoms with Crippen LogP contribution >= 0.6 is 23.2 Å². The van der Waals surface area contributed by atoms with E-state index in [1.165, 1.54) is 24.8 Å². The Morgan fingerprint density at radius 1 is 1.11 bits per heavy atom. The van der Waals surface area contributed by atoms with Crippen LogP contribution in [0.3, 0.4) is 0 Å². The standard InChI is InChI=1S/C10H7Cl2N5O2/c11-6-1-2-8(7(12)3-6)15-9(18)10(19)16-17-4-13-14-5-17/h1-5H,(H,15,18)(H,16,19). The van der Waals surface area contributed by atoms with Gasteiger partial charge in [-0.15, -0.1) is 10.2 Å². The van der Waals surface area contributed by atoms with Crippen LogP contribution < -0.4 is 10.7 Å². The highest BCUT2D eigenvalue weighted by Gasteiger charge is 2.15. The lowest BCUT2D eigenvalue weighted by Gasteiger charge is -2.07. The Balaban J connectivity index is 2.02. The maximum absolute atomic E-state index is 11.6. The van der Waals surface area contributed by atoms with Crippen molar-refractivity contribution in [3.05, 3.63) is 40.9 Å². The van der Waals surface area contributed by atoms with Gasteiger partial charge in [-0.05, 0) is 18.2 Å². The third-order valence-electron chi connectivity index (χ3n) is 2.03. The maximum atomic E-state index is 11.6. The van der Waals surface area contributed by atoms with Crippen LogP contribution in [-0.2, 0) is 9.59 Å². The average molecular weight is 300 g/mol. The predicted molar refractivity (Wildman–Crippen MR) is 69.5 cm³/mol. The molecular weight excluding hydrogens is 293 g/mol. The van der Waals surface area contributed by atoms with Crippen molar-refractivity contribution < 1.29 is 9.59 Å². The second-order valence-corrected chi connectivity index (χ2v) is 4.23. The Bertz CT molecular complexity index is 614. The third-order valence-corrected chi connectivity index (χ3v) is 2.58. The van der Waals surface area contributed by atoms with Crippen LogP contribution in [0.1, 0.15) is 0 Å². The van der Waals surface area contributed by atoms with Crippen LogP contribution in [0.2, 0.25) is 10.0 Å². The molecule has 9 heteroatoms. The first kappa shape index (κ1) is 13.3. The number of hydrogen-bond donors (Lipinski definition) is 2. The highest BCUT2D eigenvalue weighted by Crippen LogP contribution is 2.25. The zero-order chi connectivity index (χ0) is 13.8. The topological polar surface area (TPSA) is 88.9 Å². The molecule has 1 aromatic carbocycles. The number of aromatic nitrogens is 3. The van der Waals surface area contributed by atoms with Crippen LogP contribution in [0, 0.1) is 0 Å². The summed E-state index contributed by atoms with van der Waals surface area (Å²) in [4.78, 5) is 23.1. The van der Waals surface area contributed by atoms with Gasteiger partial charge in [0.05, 0.1) is 10.7 Å². The minimum atomic E-state index is -0.884. The van der Waals surface area contributed by atoms with E-state index < -0.39 is 11.8 Å². The number of anilines is 1. The smallest absolute Gasteiger partial charge is 0.316 e. The molecule has 0 unspecified atom stereocenters. The second-order valence-electron chi connectivity index (χ2n) is 3.39. The van der Waals surface area contributed by atoms with Crippen molar-refractivity contribution in [1.29, 1.82) is 0 Å². The SMILES string of the molecule is O=C(Nc1ccc(Cl)cc1Cl)C(=O)Nn1cnnc1. The normalized spacial score (nSPS) is 10.0. The number of carbonyl (C=O) groups excluding carboxylic acids is 2. The molecule has 0 saturated carbocycles. The van der Waals surface area contributed by atoms with Gasteiger partial charge in [0, 0.05) is 5.02 Å². The molecule has 1 aromatic heterocycles. The monoisotopic (exact) mass is 299 g/mol. The summed E-state index contributed by atoms with van der Waals surface area (Å²) in [5.74, 6) is -1.76. The van der Waals surface area contributed by atoms with E-state index in [1.807, 2.05) is 0 Å². The van der Waals surface area contributed by atoms with Crippen LogP contribution in [0.4, 0.5) is 5.69 Å². The molecule has 0 bridgehead atoms. The van der Waals surface area contributed by atoms with Crippen molar-refractivity contribution in [2.75, 3.05) is 10.7 Å². The van der Waals surface area contributed by atoms with Crippen molar-refractivity contribution in [2.45, 2.75) is 0 Å². The predicted octanol–water partition coefficient (Wildman–Crippen LogP) is 1.29. The summed E-state index contributed by atoms with van der Waals surface area (Å²) in [5, 5.41) is 9.96. The van der Waals surface area contributed by atoms with Gasteiger partial charge >= 0.3 is 11.8 Å². The average Bonchev–Trinajstić information content (AvgIpc) is 2.85. The summed E-state index contributed by atoms with van der Waals surface area (Å²) in [6.45, 7) is 0. The molecule has 98 valence electrons. The summed E-state index contributed by atoms with van der Waals surface area (Å²) >= 11 is 11.6. The van der Waals surface area contributed by atoms with E-state index in [2.05, 4.69) is 20.9 Å². The lowest BCUT2D eigenvalue weighted by Crippen LogP contribution is -2.33. The summed E-state index contributed by atoms with van der Waals surface area (Å²) in [5.41, 5.74) is 2.53. The van der Waals surface area contributed by atoms with Gasteiger partial charge in [0.25, 0.3) is 0 Å². The Hall–Kier alpha value is -2.12. The number of nitrogens with zero attached hydrogens (tertiary/aromatic N) is 3. The van der Waals surface area contributed by atoms with Crippen molar-refractivity contribution in [2.24, 2.45) is 0 Å². The largest absolute Gasteiger partial charge is 0.328 e. The van der Waals surface area contributed by atoms with Gasteiger partial charge in [0.2, 0.25) is 0 Å². The van der Waals surface area contributed by atoms with E-state index in [1.54, 1.807) is 6.07 Å². The Morgan fingerprint density at radius 2 is 1.79 bits per heavy atom. The first-order valence-corrected chi connectivity index (χ1v) is 5.74. The summed E-state index contributed by atoms with van der Waals surface area (Å²) < 4.78 is 1.14. The molecule has 7 nitrogen and oxygen atoms in total. The summed E-state index contributed by atoms with van der Waals surface area (Å²) in [6, 6.07) is 4.49. The second kappa shape index (κ2) is 5.68. The highest BCUT2D eigenvalue weighted by atomic mass is 35.5. The molecule has 0 aliphatic carbocycles. The van der Waals surface area contributed by atoms with Gasteiger partial charge in [-0.3, -0.25) is 15.0 Å². The lowest BCUT2D eigenvalue weighted by atomic mass is 10.3. The maximum Gasteiger partial charge on any atom is 0.328 e. The number of halogens is 2. The quantitative estimate of drug-likeness (QED) is 0.818. The van der Waals surface area contributed by atoms with Gasteiger partial charge in [0.1, 0.15) is 12.7 Å². The van der Waals surface area contributed by atoms with Crippen molar-refractivity contribution >= 4 is 40.7 Å². The Kier molecular flexibility index (Phi) is 3.98. The lowest BCUT2D eigenvalue weighted by molar-refractivity contribution is -0.133. The fourth-order valence-electron chi connectivity index (χ4n) is 1.20. The zero-order valence-electron chi connectivity index (χ0n) is 9.30. The van der Waals surface area contributed by atoms with E-state index in [4.69, 9.17) is 23.2 Å². The van der Waals surface area contributed by atoms with Crippen molar-refractivity contribution in [1.82, 2.24) is 14.9 Å². The molecule has 1 heterocycles. The number of carbonyl (C=O) groups is 2. The molecule has 0 spiro atoms. The molecule has 0 aliphatic heterocycles. The van der Waals surface area contributed by atoms with Gasteiger partial charge in [-0.25, -0.2) is 4.68 Å². The van der Waals surface area contributed by atoms with Crippen molar-refractivity contribution in [3.63, 3.8) is 0 Å². The van der Waals surface area contributed by atoms with Gasteiger partial charge in [-0.1, -0.05) is 23.2 Å². The van der Waals surface area contributed by atoms with Gasteiger partial charge in [-0.2, -0.15) is 0 Å². The van der Waals surface area contributed by atoms with E-state index >= 15 is 0 Å². The molecule has 19 heavy (non-hydrogen) atoms. The number of benzene rings is 1. The molecule has 0 fully saturated rings. The number of rotatable bonds is 2. The summed E-state index contributed by atoms with van der Waals surface area (Å²) in [7, 11) is 0. The van der Waals surface area contributed by atoms with Crippen LogP contribution in [0.15, 0.2) is 30.9 Å². The molecule has 0 saturated heterocycles. The van der Waals surface area contributed by atoms with Crippen LogP contribution in [0.5, 0.6) is 0 Å². The van der Waals surface area contributed by atoms with Crippen LogP contribution in [-0.4, -0.2) is 26.7 Å². The Labute approximate surface area is 117 Å². The molecule has 0 radical (unpaired) electrons. The highest BCUT2D eigenvalue weighted by molar-refractivity contribution is 6.44. The molecule has 2 N–H and O–H groups in total. The number of amides is 2. The van der Waals surface area contributed by atoms with Crippen LogP contribution in [0.25, 0.3) is 0 Å². The molecule has 0 aliphatic rings. The van der Waals surface area contributed by atoms with E-state index in [9.17, 15) is 9.59 Å². The van der Waals surface area contributed by atoms with E-state index in [0.717, 1.165) is 4.68 Å². The molecule has 2 rings (SSSR count). The molecule has 2 aromatic rings. The number of hydrogen-bond acceptors (Lipinski definition) is 4. The molecule has 0 atom stereocenters. The fourth-order valence-corrected chi connectivity index (χ4v) is 1.65. The zero-order valence-corrected chi connectivity index (χ0v) is 10.8. The minimum Gasteiger partial charge on any atom is -0.316 e. The minimum absolute atomic E-state index is 0.234.